The Bertz CT molecular complexity index is 686. The van der Waals surface area contributed by atoms with Crippen molar-refractivity contribution in [1.29, 1.82) is 5.26 Å². The van der Waals surface area contributed by atoms with Gasteiger partial charge in [0.25, 0.3) is 0 Å². The average molecular weight is 314 g/mol. The number of rotatable bonds is 4. The number of esters is 1. The highest BCUT2D eigenvalue weighted by atomic mass is 16.5. The molecule has 0 saturated heterocycles. The molecular weight excluding hydrogens is 296 g/mol. The van der Waals surface area contributed by atoms with E-state index in [1.165, 1.54) is 0 Å². The summed E-state index contributed by atoms with van der Waals surface area (Å²) in [5.41, 5.74) is 1.81. The van der Waals surface area contributed by atoms with Gasteiger partial charge in [0.1, 0.15) is 11.8 Å². The molecule has 1 aromatic carbocycles. The Balaban J connectivity index is 2.43. The van der Waals surface area contributed by atoms with Crippen LogP contribution < -0.4 is 15.4 Å². The SMILES string of the molecule is CCOC(=O)C1=C(C)NC(NC#N)=N[C@@H]1c1ccc(OC)cc1. The number of allylic oxidation sites excluding steroid dienone is 1. The first-order valence-electron chi connectivity index (χ1n) is 7.12. The van der Waals surface area contributed by atoms with Crippen molar-refractivity contribution in [1.82, 2.24) is 10.6 Å². The number of ether oxygens (including phenoxy) is 2. The van der Waals surface area contributed by atoms with Gasteiger partial charge in [0, 0.05) is 5.70 Å². The van der Waals surface area contributed by atoms with E-state index in [1.54, 1.807) is 33.1 Å². The van der Waals surface area contributed by atoms with Gasteiger partial charge in [0.05, 0.1) is 19.3 Å². The standard InChI is InChI=1S/C16H18N4O3/c1-4-23-15(21)13-10(2)19-16(18-9-17)20-14(13)11-5-7-12(22-3)8-6-11/h5-8,14H,4H2,1-3H3,(H2,18,19,20)/t14-/m1/s1. The molecule has 2 rings (SSSR count). The number of aliphatic imine (C=N–C) groups is 1. The number of guanidine groups is 1. The van der Waals surface area contributed by atoms with E-state index in [0.717, 1.165) is 5.56 Å². The van der Waals surface area contributed by atoms with Crippen molar-refractivity contribution in [2.45, 2.75) is 19.9 Å². The molecule has 23 heavy (non-hydrogen) atoms. The zero-order chi connectivity index (χ0) is 16.8. The van der Waals surface area contributed by atoms with E-state index in [9.17, 15) is 4.79 Å². The molecule has 1 aromatic rings. The van der Waals surface area contributed by atoms with Crippen molar-refractivity contribution in [3.63, 3.8) is 0 Å². The third-order valence-electron chi connectivity index (χ3n) is 3.34. The molecule has 0 aromatic heterocycles. The normalized spacial score (nSPS) is 16.8. The molecule has 2 N–H and O–H groups in total. The van der Waals surface area contributed by atoms with E-state index in [4.69, 9.17) is 14.7 Å². The molecule has 0 fully saturated rings. The molecule has 0 aliphatic carbocycles. The Morgan fingerprint density at radius 2 is 2.13 bits per heavy atom. The lowest BCUT2D eigenvalue weighted by Crippen LogP contribution is -2.39. The molecular formula is C16H18N4O3. The number of carbonyl (C=O) groups is 1. The van der Waals surface area contributed by atoms with Gasteiger partial charge in [0.15, 0.2) is 6.19 Å². The number of hydrogen-bond acceptors (Lipinski definition) is 7. The first-order chi connectivity index (χ1) is 11.1. The highest BCUT2D eigenvalue weighted by Crippen LogP contribution is 2.32. The smallest absolute Gasteiger partial charge is 0.338 e. The van der Waals surface area contributed by atoms with Crippen LogP contribution in [0.4, 0.5) is 0 Å². The fraction of sp³-hybridized carbons (Fsp3) is 0.312. The molecule has 0 radical (unpaired) electrons. The highest BCUT2D eigenvalue weighted by molar-refractivity contribution is 5.95. The topological polar surface area (TPSA) is 95.7 Å². The summed E-state index contributed by atoms with van der Waals surface area (Å²) in [4.78, 5) is 16.7. The molecule has 7 nitrogen and oxygen atoms in total. The van der Waals surface area contributed by atoms with E-state index < -0.39 is 12.0 Å². The summed E-state index contributed by atoms with van der Waals surface area (Å²) >= 11 is 0. The second kappa shape index (κ2) is 7.31. The number of carbonyl (C=O) groups excluding carboxylic acids is 1. The third kappa shape index (κ3) is 3.61. The Morgan fingerprint density at radius 3 is 2.70 bits per heavy atom. The highest BCUT2D eigenvalue weighted by Gasteiger charge is 2.30. The first kappa shape index (κ1) is 16.4. The van der Waals surface area contributed by atoms with Gasteiger partial charge in [0.2, 0.25) is 5.96 Å². The minimum atomic E-state index is -0.558. The molecule has 0 spiro atoms. The summed E-state index contributed by atoms with van der Waals surface area (Å²) < 4.78 is 10.3. The molecule has 0 saturated carbocycles. The van der Waals surface area contributed by atoms with Crippen LogP contribution in [-0.2, 0) is 9.53 Å². The van der Waals surface area contributed by atoms with Crippen molar-refractivity contribution in [2.75, 3.05) is 13.7 Å². The van der Waals surface area contributed by atoms with Crippen LogP contribution in [0.15, 0.2) is 40.5 Å². The number of nitrogens with zero attached hydrogens (tertiary/aromatic N) is 2. The number of methoxy groups -OCH3 is 1. The fourth-order valence-electron chi connectivity index (χ4n) is 2.29. The quantitative estimate of drug-likeness (QED) is 0.498. The van der Waals surface area contributed by atoms with E-state index in [-0.39, 0.29) is 6.61 Å². The molecule has 1 aliphatic heterocycles. The van der Waals surface area contributed by atoms with Crippen molar-refractivity contribution in [3.8, 4) is 11.9 Å². The number of nitriles is 1. The maximum absolute atomic E-state index is 12.3. The van der Waals surface area contributed by atoms with Gasteiger partial charge in [-0.25, -0.2) is 9.79 Å². The summed E-state index contributed by atoms with van der Waals surface area (Å²) in [5.74, 6) is 0.567. The van der Waals surface area contributed by atoms with Crippen molar-refractivity contribution in [2.24, 2.45) is 4.99 Å². The number of hydrogen-bond donors (Lipinski definition) is 2. The Morgan fingerprint density at radius 1 is 1.43 bits per heavy atom. The second-order valence-electron chi connectivity index (χ2n) is 4.77. The van der Waals surface area contributed by atoms with Crippen molar-refractivity contribution >= 4 is 11.9 Å². The Hall–Kier alpha value is -3.01. The van der Waals surface area contributed by atoms with Crippen LogP contribution in [-0.4, -0.2) is 25.6 Å². The minimum absolute atomic E-state index is 0.276. The van der Waals surface area contributed by atoms with Crippen LogP contribution in [0.2, 0.25) is 0 Å². The molecule has 0 bridgehead atoms. The fourth-order valence-corrected chi connectivity index (χ4v) is 2.29. The summed E-state index contributed by atoms with van der Waals surface area (Å²) in [6.07, 6.45) is 1.82. The van der Waals surface area contributed by atoms with Crippen LogP contribution >= 0.6 is 0 Å². The van der Waals surface area contributed by atoms with Crippen LogP contribution in [0.5, 0.6) is 5.75 Å². The van der Waals surface area contributed by atoms with E-state index in [2.05, 4.69) is 15.6 Å². The van der Waals surface area contributed by atoms with Gasteiger partial charge in [-0.05, 0) is 31.5 Å². The average Bonchev–Trinajstić information content (AvgIpc) is 2.55. The molecule has 1 heterocycles. The number of nitrogens with one attached hydrogen (secondary N) is 2. The summed E-state index contributed by atoms with van der Waals surface area (Å²) in [5, 5.41) is 14.1. The predicted molar refractivity (Wildman–Crippen MR) is 84.4 cm³/mol. The summed E-state index contributed by atoms with van der Waals surface area (Å²) in [7, 11) is 1.58. The molecule has 120 valence electrons. The molecule has 7 heteroatoms. The van der Waals surface area contributed by atoms with Gasteiger partial charge in [-0.15, -0.1) is 0 Å². The third-order valence-corrected chi connectivity index (χ3v) is 3.34. The lowest BCUT2D eigenvalue weighted by atomic mass is 9.96. The second-order valence-corrected chi connectivity index (χ2v) is 4.77. The van der Waals surface area contributed by atoms with E-state index in [0.29, 0.717) is 23.0 Å². The van der Waals surface area contributed by atoms with Gasteiger partial charge in [-0.3, -0.25) is 5.32 Å². The van der Waals surface area contributed by atoms with Crippen LogP contribution in [0.25, 0.3) is 0 Å². The van der Waals surface area contributed by atoms with Crippen LogP contribution in [0.3, 0.4) is 0 Å². The zero-order valence-corrected chi connectivity index (χ0v) is 13.2. The monoisotopic (exact) mass is 314 g/mol. The Labute approximate surface area is 134 Å². The lowest BCUT2D eigenvalue weighted by molar-refractivity contribution is -0.138. The van der Waals surface area contributed by atoms with Crippen molar-refractivity contribution < 1.29 is 14.3 Å². The van der Waals surface area contributed by atoms with Crippen LogP contribution in [0.1, 0.15) is 25.5 Å². The summed E-state index contributed by atoms with van der Waals surface area (Å²) in [6, 6.07) is 6.69. The van der Waals surface area contributed by atoms with Crippen LogP contribution in [0, 0.1) is 11.5 Å². The summed E-state index contributed by atoms with van der Waals surface area (Å²) in [6.45, 7) is 3.77. The lowest BCUT2D eigenvalue weighted by Gasteiger charge is -2.25. The molecule has 1 aliphatic rings. The van der Waals surface area contributed by atoms with Gasteiger partial charge >= 0.3 is 5.97 Å². The Kier molecular flexibility index (Phi) is 5.20. The first-order valence-corrected chi connectivity index (χ1v) is 7.12. The predicted octanol–water partition coefficient (Wildman–Crippen LogP) is 1.60. The maximum Gasteiger partial charge on any atom is 0.338 e. The number of benzene rings is 1. The van der Waals surface area contributed by atoms with Gasteiger partial charge in [-0.2, -0.15) is 5.26 Å². The van der Waals surface area contributed by atoms with E-state index >= 15 is 0 Å². The van der Waals surface area contributed by atoms with Gasteiger partial charge in [-0.1, -0.05) is 12.1 Å². The minimum Gasteiger partial charge on any atom is -0.497 e. The maximum atomic E-state index is 12.3. The van der Waals surface area contributed by atoms with Crippen molar-refractivity contribution in [3.05, 3.63) is 41.1 Å². The van der Waals surface area contributed by atoms with Gasteiger partial charge < -0.3 is 14.8 Å². The molecule has 0 unspecified atom stereocenters. The van der Waals surface area contributed by atoms with E-state index in [1.807, 2.05) is 18.3 Å². The largest absolute Gasteiger partial charge is 0.497 e. The zero-order valence-electron chi connectivity index (χ0n) is 13.2. The molecule has 1 atom stereocenters. The molecule has 0 amide bonds.